The van der Waals surface area contributed by atoms with E-state index in [1.54, 1.807) is 18.2 Å². The molecule has 2 nitrogen and oxygen atoms in total. The average molecular weight is 223 g/mol. The van der Waals surface area contributed by atoms with Gasteiger partial charge < -0.3 is 4.42 Å². The van der Waals surface area contributed by atoms with Gasteiger partial charge in [-0.2, -0.15) is 0 Å². The van der Waals surface area contributed by atoms with Crippen molar-refractivity contribution in [3.8, 4) is 11.3 Å². The fourth-order valence-corrected chi connectivity index (χ4v) is 1.77. The molecule has 0 radical (unpaired) electrons. The second-order valence-electron chi connectivity index (χ2n) is 3.75. The molecule has 0 unspecified atom stereocenters. The van der Waals surface area contributed by atoms with E-state index in [9.17, 15) is 4.79 Å². The van der Waals surface area contributed by atoms with Gasteiger partial charge in [-0.15, -0.1) is 0 Å². The predicted octanol–water partition coefficient (Wildman–Crippen LogP) is 3.46. The molecule has 3 rings (SSSR count). The number of rotatable bonds is 1. The summed E-state index contributed by atoms with van der Waals surface area (Å²) >= 11 is 0. The molecule has 0 aliphatic rings. The van der Waals surface area contributed by atoms with E-state index in [1.165, 1.54) is 0 Å². The van der Waals surface area contributed by atoms with Crippen LogP contribution in [0.5, 0.6) is 0 Å². The number of para-hydroxylation sites is 1. The maximum atomic E-state index is 12.1. The summed E-state index contributed by atoms with van der Waals surface area (Å²) in [7, 11) is 0. The molecule has 1 aromatic heterocycles. The average Bonchev–Trinajstić information content (AvgIpc) is 2.44. The molecule has 82 valence electrons. The molecule has 0 N–H and O–H groups in total. The van der Waals surface area contributed by atoms with E-state index in [0.717, 1.165) is 5.56 Å². The summed E-state index contributed by atoms with van der Waals surface area (Å²) in [6.07, 6.45) is 0. The van der Waals surface area contributed by atoms with Gasteiger partial charge in [-0.25, -0.2) is 0 Å². The van der Waals surface area contributed by atoms with Crippen LogP contribution in [0, 0.1) is 0 Å². The van der Waals surface area contributed by atoms with Crippen molar-refractivity contribution in [2.45, 2.75) is 0 Å². The van der Waals surface area contributed by atoms with Gasteiger partial charge in [0.25, 0.3) is 0 Å². The topological polar surface area (TPSA) is 30.2 Å². The molecular formula is C15H10O2. The van der Waals surface area contributed by atoms with Crippen LogP contribution in [0.1, 0.15) is 1.37 Å². The van der Waals surface area contributed by atoms with Gasteiger partial charge in [-0.1, -0.05) is 42.5 Å². The highest BCUT2D eigenvalue weighted by atomic mass is 16.3. The highest BCUT2D eigenvalue weighted by Gasteiger charge is 2.05. The first kappa shape index (κ1) is 8.76. The maximum absolute atomic E-state index is 12.1. The van der Waals surface area contributed by atoms with Crippen molar-refractivity contribution < 1.29 is 5.79 Å². The minimum atomic E-state index is -0.296. The van der Waals surface area contributed by atoms with E-state index in [-0.39, 0.29) is 11.5 Å². The molecule has 2 heteroatoms. The van der Waals surface area contributed by atoms with Crippen molar-refractivity contribution >= 4 is 11.0 Å². The lowest BCUT2D eigenvalue weighted by Crippen LogP contribution is -1.99. The minimum Gasteiger partial charge on any atom is -0.456 e. The third-order valence-corrected chi connectivity index (χ3v) is 2.61. The van der Waals surface area contributed by atoms with Crippen LogP contribution in [0.3, 0.4) is 0 Å². The first-order valence-electron chi connectivity index (χ1n) is 5.85. The minimum absolute atomic E-state index is 0.0973. The van der Waals surface area contributed by atoms with Crippen molar-refractivity contribution in [1.29, 1.82) is 0 Å². The lowest BCUT2D eigenvalue weighted by atomic mass is 10.1. The van der Waals surface area contributed by atoms with Crippen molar-refractivity contribution in [2.24, 2.45) is 0 Å². The maximum Gasteiger partial charge on any atom is 0.193 e. The Morgan fingerprint density at radius 1 is 0.941 bits per heavy atom. The van der Waals surface area contributed by atoms with E-state index in [4.69, 9.17) is 5.79 Å². The van der Waals surface area contributed by atoms with Crippen LogP contribution in [-0.4, -0.2) is 0 Å². The lowest BCUT2D eigenvalue weighted by Gasteiger charge is -2.02. The third-order valence-electron chi connectivity index (χ3n) is 2.61. The summed E-state index contributed by atoms with van der Waals surface area (Å²) in [5.41, 5.74) is 0.957. The fraction of sp³-hybridized carbons (Fsp3) is 0. The molecule has 3 aromatic rings. The van der Waals surface area contributed by atoms with Gasteiger partial charge in [0.2, 0.25) is 0 Å². The molecule has 2 aromatic carbocycles. The van der Waals surface area contributed by atoms with E-state index in [2.05, 4.69) is 0 Å². The van der Waals surface area contributed by atoms with Crippen LogP contribution >= 0.6 is 0 Å². The Kier molecular flexibility index (Phi) is 2.01. The summed E-state index contributed by atoms with van der Waals surface area (Å²) in [5.74, 6) is 0.319. The van der Waals surface area contributed by atoms with Crippen LogP contribution in [0.15, 0.2) is 69.9 Å². The number of hydrogen-bond donors (Lipinski definition) is 0. The molecule has 0 saturated heterocycles. The molecule has 0 saturated carbocycles. The lowest BCUT2D eigenvalue weighted by molar-refractivity contribution is 0.619. The van der Waals surface area contributed by atoms with Crippen molar-refractivity contribution in [2.75, 3.05) is 0 Å². The van der Waals surface area contributed by atoms with E-state index >= 15 is 0 Å². The zero-order valence-corrected chi connectivity index (χ0v) is 9.01. The summed E-state index contributed by atoms with van der Waals surface area (Å²) in [6, 6.07) is 16.1. The van der Waals surface area contributed by atoms with Gasteiger partial charge in [-0.3, -0.25) is 4.79 Å². The summed E-state index contributed by atoms with van der Waals surface area (Å²) in [4.78, 5) is 12.1. The SMILES string of the molecule is [2H]c1c(-c2ccccc2)oc2ccccc2c1=O. The highest BCUT2D eigenvalue weighted by Crippen LogP contribution is 2.21. The Labute approximate surface area is 99.5 Å². The molecule has 0 amide bonds. The van der Waals surface area contributed by atoms with Gasteiger partial charge in [0, 0.05) is 11.6 Å². The number of benzene rings is 2. The smallest absolute Gasteiger partial charge is 0.193 e. The third kappa shape index (κ3) is 1.74. The molecule has 0 aliphatic carbocycles. The van der Waals surface area contributed by atoms with Gasteiger partial charge in [0.1, 0.15) is 11.3 Å². The van der Waals surface area contributed by atoms with Gasteiger partial charge in [0.05, 0.1) is 6.76 Å². The Morgan fingerprint density at radius 3 is 2.47 bits per heavy atom. The van der Waals surface area contributed by atoms with Gasteiger partial charge >= 0.3 is 0 Å². The normalized spacial score (nSPS) is 11.4. The quantitative estimate of drug-likeness (QED) is 0.632. The predicted molar refractivity (Wildman–Crippen MR) is 67.9 cm³/mol. The molecule has 0 bridgehead atoms. The Bertz CT molecular complexity index is 760. The Morgan fingerprint density at radius 2 is 1.65 bits per heavy atom. The van der Waals surface area contributed by atoms with Crippen LogP contribution < -0.4 is 5.43 Å². The Balaban J connectivity index is 2.38. The molecule has 17 heavy (non-hydrogen) atoms. The molecule has 1 heterocycles. The summed E-state index contributed by atoms with van der Waals surface area (Å²) in [5, 5.41) is 0.446. The first-order valence-corrected chi connectivity index (χ1v) is 5.35. The van der Waals surface area contributed by atoms with Gasteiger partial charge in [0.15, 0.2) is 5.43 Å². The zero-order chi connectivity index (χ0) is 12.5. The van der Waals surface area contributed by atoms with Crippen molar-refractivity contribution in [1.82, 2.24) is 0 Å². The van der Waals surface area contributed by atoms with Crippen LogP contribution in [0.2, 0.25) is 0 Å². The number of hydrogen-bond acceptors (Lipinski definition) is 2. The van der Waals surface area contributed by atoms with Crippen molar-refractivity contribution in [3.63, 3.8) is 0 Å². The van der Waals surface area contributed by atoms with E-state index < -0.39 is 0 Å². The molecular weight excluding hydrogens is 212 g/mol. The zero-order valence-electron chi connectivity index (χ0n) is 10.0. The fourth-order valence-electron chi connectivity index (χ4n) is 1.77. The second kappa shape index (κ2) is 3.91. The largest absolute Gasteiger partial charge is 0.456 e. The van der Waals surface area contributed by atoms with E-state index in [1.807, 2.05) is 36.4 Å². The standard InChI is InChI=1S/C15H10O2/c16-13-10-15(11-6-2-1-3-7-11)17-14-9-5-4-8-12(13)14/h1-10H/i10D. The van der Waals surface area contributed by atoms with Gasteiger partial charge in [-0.05, 0) is 12.1 Å². The van der Waals surface area contributed by atoms with Crippen LogP contribution in [-0.2, 0) is 0 Å². The first-order chi connectivity index (χ1) is 8.77. The summed E-state index contributed by atoms with van der Waals surface area (Å²) < 4.78 is 13.6. The Hall–Kier alpha value is -2.35. The monoisotopic (exact) mass is 223 g/mol. The summed E-state index contributed by atoms with van der Waals surface area (Å²) in [6.45, 7) is 0. The highest BCUT2D eigenvalue weighted by molar-refractivity contribution is 5.78. The molecule has 0 atom stereocenters. The van der Waals surface area contributed by atoms with Crippen LogP contribution in [0.4, 0.5) is 0 Å². The molecule has 0 spiro atoms. The molecule has 0 fully saturated rings. The number of fused-ring (bicyclic) bond motifs is 1. The van der Waals surface area contributed by atoms with Crippen molar-refractivity contribution in [3.05, 3.63) is 70.9 Å². The van der Waals surface area contributed by atoms with E-state index in [0.29, 0.717) is 16.7 Å². The van der Waals surface area contributed by atoms with Crippen LogP contribution in [0.25, 0.3) is 22.3 Å². The molecule has 0 aliphatic heterocycles. The second-order valence-corrected chi connectivity index (χ2v) is 3.75.